The number of ketones is 1. The van der Waals surface area contributed by atoms with Crippen molar-refractivity contribution in [3.63, 3.8) is 0 Å². The van der Waals surface area contributed by atoms with Gasteiger partial charge in [0.25, 0.3) is 0 Å². The summed E-state index contributed by atoms with van der Waals surface area (Å²) >= 11 is 6.08. The standard InChI is InChI=1S/C24H23ClN2O2/c1-16-4-8-21(9-5-16)26-27-23-10-6-17(2)12-18(23)14-22(28)15-19-13-20(25)7-11-24(19)29-3/h4-13H,14-15H2,1-3H3. The third-order valence-corrected chi connectivity index (χ3v) is 4.79. The summed E-state index contributed by atoms with van der Waals surface area (Å²) in [5.74, 6) is 0.717. The van der Waals surface area contributed by atoms with E-state index in [4.69, 9.17) is 16.3 Å². The predicted molar refractivity (Wildman–Crippen MR) is 117 cm³/mol. The highest BCUT2D eigenvalue weighted by Gasteiger charge is 2.13. The van der Waals surface area contributed by atoms with Gasteiger partial charge < -0.3 is 4.74 Å². The number of methoxy groups -OCH3 is 1. The Hall–Kier alpha value is -2.98. The van der Waals surface area contributed by atoms with Gasteiger partial charge in [-0.1, -0.05) is 47.0 Å². The van der Waals surface area contributed by atoms with Crippen LogP contribution in [0.1, 0.15) is 22.3 Å². The van der Waals surface area contributed by atoms with Crippen molar-refractivity contribution in [3.05, 3.63) is 87.9 Å². The molecule has 29 heavy (non-hydrogen) atoms. The van der Waals surface area contributed by atoms with Crippen LogP contribution in [0.2, 0.25) is 5.02 Å². The molecule has 0 radical (unpaired) electrons. The Labute approximate surface area is 176 Å². The van der Waals surface area contributed by atoms with E-state index in [0.29, 0.717) is 16.5 Å². The van der Waals surface area contributed by atoms with Gasteiger partial charge in [-0.3, -0.25) is 4.79 Å². The number of aryl methyl sites for hydroxylation is 2. The zero-order valence-electron chi connectivity index (χ0n) is 16.8. The second kappa shape index (κ2) is 9.48. The van der Waals surface area contributed by atoms with Crippen LogP contribution >= 0.6 is 11.6 Å². The Balaban J connectivity index is 1.80. The van der Waals surface area contributed by atoms with Crippen molar-refractivity contribution < 1.29 is 9.53 Å². The number of Topliss-reactive ketones (excluding diaryl/α,β-unsaturated/α-hetero) is 1. The fourth-order valence-corrected chi connectivity index (χ4v) is 3.24. The van der Waals surface area contributed by atoms with Gasteiger partial charge in [-0.2, -0.15) is 10.2 Å². The average Bonchev–Trinajstić information content (AvgIpc) is 2.69. The lowest BCUT2D eigenvalue weighted by atomic mass is 9.99. The van der Waals surface area contributed by atoms with E-state index in [0.717, 1.165) is 22.4 Å². The Bertz CT molecular complexity index is 1040. The van der Waals surface area contributed by atoms with Gasteiger partial charge in [0, 0.05) is 23.4 Å². The average molecular weight is 407 g/mol. The van der Waals surface area contributed by atoms with Gasteiger partial charge in [-0.05, 0) is 55.8 Å². The van der Waals surface area contributed by atoms with Gasteiger partial charge in [0.15, 0.2) is 0 Å². The summed E-state index contributed by atoms with van der Waals surface area (Å²) in [5.41, 5.74) is 5.34. The molecule has 0 unspecified atom stereocenters. The lowest BCUT2D eigenvalue weighted by Crippen LogP contribution is -2.08. The summed E-state index contributed by atoms with van der Waals surface area (Å²) in [5, 5.41) is 9.28. The molecule has 0 spiro atoms. The van der Waals surface area contributed by atoms with E-state index in [1.54, 1.807) is 25.3 Å². The topological polar surface area (TPSA) is 51.0 Å². The summed E-state index contributed by atoms with van der Waals surface area (Å²) in [4.78, 5) is 12.8. The molecule has 0 bridgehead atoms. The van der Waals surface area contributed by atoms with Gasteiger partial charge in [0.2, 0.25) is 0 Å². The molecule has 0 aliphatic rings. The summed E-state index contributed by atoms with van der Waals surface area (Å²) in [6.07, 6.45) is 0.506. The van der Waals surface area contributed by atoms with E-state index in [9.17, 15) is 4.79 Å². The quantitative estimate of drug-likeness (QED) is 0.408. The molecule has 3 aromatic carbocycles. The highest BCUT2D eigenvalue weighted by Crippen LogP contribution is 2.27. The number of hydrogen-bond acceptors (Lipinski definition) is 4. The first-order valence-corrected chi connectivity index (χ1v) is 9.74. The highest BCUT2D eigenvalue weighted by atomic mass is 35.5. The Morgan fingerprint density at radius 3 is 2.28 bits per heavy atom. The molecule has 0 atom stereocenters. The SMILES string of the molecule is COc1ccc(Cl)cc1CC(=O)Cc1cc(C)ccc1N=Nc1ccc(C)cc1. The third kappa shape index (κ3) is 5.75. The lowest BCUT2D eigenvalue weighted by molar-refractivity contribution is -0.117. The summed E-state index contributed by atoms with van der Waals surface area (Å²) < 4.78 is 5.35. The van der Waals surface area contributed by atoms with Gasteiger partial charge in [0.05, 0.1) is 18.5 Å². The first-order valence-electron chi connectivity index (χ1n) is 9.36. The molecule has 0 aliphatic heterocycles. The second-order valence-corrected chi connectivity index (χ2v) is 7.45. The molecule has 3 aromatic rings. The van der Waals surface area contributed by atoms with Gasteiger partial charge in [-0.15, -0.1) is 0 Å². The third-order valence-electron chi connectivity index (χ3n) is 4.56. The number of benzene rings is 3. The predicted octanol–water partition coefficient (Wildman–Crippen LogP) is 6.74. The number of carbonyl (C=O) groups excluding carboxylic acids is 1. The van der Waals surface area contributed by atoms with E-state index in [2.05, 4.69) is 10.2 Å². The van der Waals surface area contributed by atoms with Crippen LogP contribution in [0, 0.1) is 13.8 Å². The van der Waals surface area contributed by atoms with Crippen LogP contribution < -0.4 is 4.74 Å². The zero-order chi connectivity index (χ0) is 20.8. The molecular weight excluding hydrogens is 384 g/mol. The minimum atomic E-state index is 0.0583. The molecule has 0 aliphatic carbocycles. The van der Waals surface area contributed by atoms with Crippen molar-refractivity contribution in [3.8, 4) is 5.75 Å². The van der Waals surface area contributed by atoms with E-state index in [-0.39, 0.29) is 18.6 Å². The molecule has 0 heterocycles. The van der Waals surface area contributed by atoms with E-state index < -0.39 is 0 Å². The number of carbonyl (C=O) groups is 1. The maximum atomic E-state index is 12.8. The number of rotatable bonds is 7. The first kappa shape index (κ1) is 20.7. The van der Waals surface area contributed by atoms with Crippen LogP contribution in [-0.4, -0.2) is 12.9 Å². The van der Waals surface area contributed by atoms with Crippen LogP contribution in [0.3, 0.4) is 0 Å². The Morgan fingerprint density at radius 1 is 0.862 bits per heavy atom. The zero-order valence-corrected chi connectivity index (χ0v) is 17.5. The fourth-order valence-electron chi connectivity index (χ4n) is 3.05. The van der Waals surface area contributed by atoms with Crippen molar-refractivity contribution in [2.75, 3.05) is 7.11 Å². The van der Waals surface area contributed by atoms with E-state index >= 15 is 0 Å². The molecule has 0 aromatic heterocycles. The van der Waals surface area contributed by atoms with Crippen LogP contribution in [0.25, 0.3) is 0 Å². The first-order chi connectivity index (χ1) is 13.9. The molecule has 0 fully saturated rings. The van der Waals surface area contributed by atoms with Crippen LogP contribution in [0.5, 0.6) is 5.75 Å². The monoisotopic (exact) mass is 406 g/mol. The fraction of sp³-hybridized carbons (Fsp3) is 0.208. The molecule has 4 nitrogen and oxygen atoms in total. The molecule has 5 heteroatoms. The van der Waals surface area contributed by atoms with Crippen molar-refractivity contribution in [2.24, 2.45) is 10.2 Å². The van der Waals surface area contributed by atoms with Crippen molar-refractivity contribution in [1.82, 2.24) is 0 Å². The molecule has 148 valence electrons. The maximum absolute atomic E-state index is 12.8. The largest absolute Gasteiger partial charge is 0.496 e. The van der Waals surface area contributed by atoms with Gasteiger partial charge >= 0.3 is 0 Å². The maximum Gasteiger partial charge on any atom is 0.141 e. The number of hydrogen-bond donors (Lipinski definition) is 0. The molecule has 0 amide bonds. The minimum Gasteiger partial charge on any atom is -0.496 e. The molecule has 3 rings (SSSR count). The van der Waals surface area contributed by atoms with Crippen molar-refractivity contribution in [2.45, 2.75) is 26.7 Å². The van der Waals surface area contributed by atoms with Crippen molar-refractivity contribution in [1.29, 1.82) is 0 Å². The van der Waals surface area contributed by atoms with Gasteiger partial charge in [0.1, 0.15) is 11.5 Å². The molecule has 0 saturated heterocycles. The second-order valence-electron chi connectivity index (χ2n) is 7.02. The number of azo groups is 1. The summed E-state index contributed by atoms with van der Waals surface area (Å²) in [7, 11) is 1.58. The summed E-state index contributed by atoms with van der Waals surface area (Å²) in [6.45, 7) is 4.02. The lowest BCUT2D eigenvalue weighted by Gasteiger charge is -2.10. The van der Waals surface area contributed by atoms with Gasteiger partial charge in [-0.25, -0.2) is 0 Å². The molecular formula is C24H23ClN2O2. The smallest absolute Gasteiger partial charge is 0.141 e. The van der Waals surface area contributed by atoms with Crippen LogP contribution in [0.4, 0.5) is 11.4 Å². The van der Waals surface area contributed by atoms with Crippen LogP contribution in [0.15, 0.2) is 70.9 Å². The molecule has 0 N–H and O–H groups in total. The Kier molecular flexibility index (Phi) is 6.78. The number of nitrogens with zero attached hydrogens (tertiary/aromatic N) is 2. The number of ether oxygens (including phenoxy) is 1. The normalized spacial score (nSPS) is 11.0. The number of halogens is 1. The Morgan fingerprint density at radius 2 is 1.55 bits per heavy atom. The molecule has 0 saturated carbocycles. The summed E-state index contributed by atoms with van der Waals surface area (Å²) in [6, 6.07) is 19.0. The minimum absolute atomic E-state index is 0.0583. The van der Waals surface area contributed by atoms with E-state index in [1.165, 1.54) is 5.56 Å². The van der Waals surface area contributed by atoms with E-state index in [1.807, 2.05) is 56.3 Å². The van der Waals surface area contributed by atoms with Crippen LogP contribution in [-0.2, 0) is 17.6 Å². The van der Waals surface area contributed by atoms with Crippen molar-refractivity contribution >= 4 is 28.8 Å². The highest BCUT2D eigenvalue weighted by molar-refractivity contribution is 6.30.